The van der Waals surface area contributed by atoms with Crippen LogP contribution in [0.15, 0.2) is 49.1 Å². The van der Waals surface area contributed by atoms with Crippen molar-refractivity contribution in [2.24, 2.45) is 0 Å². The first kappa shape index (κ1) is 11.2. The molecular weight excluding hydrogens is 250 g/mol. The van der Waals surface area contributed by atoms with Gasteiger partial charge in [-0.2, -0.15) is 0 Å². The molecule has 3 N–H and O–H groups in total. The molecule has 5 heteroatoms. The van der Waals surface area contributed by atoms with Crippen molar-refractivity contribution in [3.05, 3.63) is 54.6 Å². The van der Waals surface area contributed by atoms with Crippen LogP contribution in [-0.2, 0) is 0 Å². The zero-order valence-corrected chi connectivity index (χ0v) is 10.7. The van der Waals surface area contributed by atoms with Gasteiger partial charge < -0.3 is 10.4 Å². The summed E-state index contributed by atoms with van der Waals surface area (Å²) in [6.07, 6.45) is 9.60. The largest absolute Gasteiger partial charge is 0.345 e. The molecule has 0 fully saturated rings. The van der Waals surface area contributed by atoms with Crippen LogP contribution in [0, 0.1) is 0 Å². The molecule has 0 saturated carbocycles. The predicted octanol–water partition coefficient (Wildman–Crippen LogP) is 2.07. The molecule has 0 spiro atoms. The number of rotatable bonds is 2. The lowest BCUT2D eigenvalue weighted by Gasteiger charge is -2.04. The monoisotopic (exact) mass is 263 g/mol. The van der Waals surface area contributed by atoms with Crippen molar-refractivity contribution in [3.8, 4) is 11.1 Å². The number of hydrazine groups is 1. The highest BCUT2D eigenvalue weighted by atomic mass is 15.4. The molecule has 0 atom stereocenters. The van der Waals surface area contributed by atoms with Crippen molar-refractivity contribution in [1.29, 1.82) is 0 Å². The van der Waals surface area contributed by atoms with E-state index in [1.54, 1.807) is 6.20 Å². The molecule has 20 heavy (non-hydrogen) atoms. The van der Waals surface area contributed by atoms with E-state index in [1.807, 2.05) is 30.7 Å². The third-order valence-electron chi connectivity index (χ3n) is 3.45. The van der Waals surface area contributed by atoms with Gasteiger partial charge in [-0.1, -0.05) is 6.07 Å². The van der Waals surface area contributed by atoms with E-state index in [0.29, 0.717) is 0 Å². The van der Waals surface area contributed by atoms with Crippen LogP contribution in [0.3, 0.4) is 0 Å². The summed E-state index contributed by atoms with van der Waals surface area (Å²) in [5, 5.41) is 1.11. The number of aromatic amines is 1. The molecule has 3 aromatic rings. The molecule has 1 aliphatic rings. The Morgan fingerprint density at radius 1 is 1.15 bits per heavy atom. The van der Waals surface area contributed by atoms with Crippen molar-refractivity contribution >= 4 is 16.7 Å². The predicted molar refractivity (Wildman–Crippen MR) is 78.4 cm³/mol. The van der Waals surface area contributed by atoms with E-state index in [-0.39, 0.29) is 0 Å². The van der Waals surface area contributed by atoms with E-state index in [0.717, 1.165) is 40.0 Å². The quantitative estimate of drug-likeness (QED) is 0.662. The topological polar surface area (TPSA) is 65.6 Å². The van der Waals surface area contributed by atoms with E-state index >= 15 is 0 Å². The van der Waals surface area contributed by atoms with E-state index in [9.17, 15) is 0 Å². The molecule has 0 aromatic carbocycles. The number of aromatic nitrogens is 3. The highest BCUT2D eigenvalue weighted by Crippen LogP contribution is 2.27. The summed E-state index contributed by atoms with van der Waals surface area (Å²) in [5.41, 5.74) is 11.5. The lowest BCUT2D eigenvalue weighted by molar-refractivity contribution is 0.739. The number of pyridine rings is 2. The average Bonchev–Trinajstić information content (AvgIpc) is 3.16. The summed E-state index contributed by atoms with van der Waals surface area (Å²) >= 11 is 0. The molecule has 0 bridgehead atoms. The van der Waals surface area contributed by atoms with Crippen LogP contribution < -0.4 is 10.9 Å². The molecule has 0 amide bonds. The number of hydrogen-bond donors (Lipinski definition) is 3. The van der Waals surface area contributed by atoms with Gasteiger partial charge in [0.15, 0.2) is 0 Å². The first-order chi connectivity index (χ1) is 9.92. The minimum atomic E-state index is 0.831. The van der Waals surface area contributed by atoms with Crippen molar-refractivity contribution in [1.82, 2.24) is 25.8 Å². The fraction of sp³-hybridized carbons (Fsp3) is 0.0667. The highest BCUT2D eigenvalue weighted by Gasteiger charge is 2.12. The van der Waals surface area contributed by atoms with E-state index in [1.165, 1.54) is 0 Å². The SMILES string of the molecule is C1=C(c2c[nH]c3ncc(-c4cccnc4)cc23)NNC1. The van der Waals surface area contributed by atoms with Gasteiger partial charge in [-0.25, -0.2) is 10.4 Å². The second kappa shape index (κ2) is 4.47. The molecule has 0 radical (unpaired) electrons. The van der Waals surface area contributed by atoms with Crippen LogP contribution in [0.1, 0.15) is 5.56 Å². The number of H-pyrrole nitrogens is 1. The zero-order valence-electron chi connectivity index (χ0n) is 10.7. The molecule has 1 aliphatic heterocycles. The Labute approximate surface area is 115 Å². The number of nitrogens with one attached hydrogen (secondary N) is 3. The maximum absolute atomic E-state index is 4.49. The minimum absolute atomic E-state index is 0.831. The van der Waals surface area contributed by atoms with Crippen LogP contribution in [0.2, 0.25) is 0 Å². The Kier molecular flexibility index (Phi) is 2.50. The van der Waals surface area contributed by atoms with Gasteiger partial charge in [0, 0.05) is 53.4 Å². The summed E-state index contributed by atoms with van der Waals surface area (Å²) < 4.78 is 0. The van der Waals surface area contributed by atoms with Crippen LogP contribution in [0.25, 0.3) is 27.9 Å². The minimum Gasteiger partial charge on any atom is -0.345 e. The van der Waals surface area contributed by atoms with Gasteiger partial charge in [0.2, 0.25) is 0 Å². The zero-order chi connectivity index (χ0) is 13.4. The van der Waals surface area contributed by atoms with Gasteiger partial charge in [0.25, 0.3) is 0 Å². The molecule has 0 saturated heterocycles. The standard InChI is InChI=1S/C15H13N5/c1-2-10(7-16-4-1)11-6-12-13(14-3-5-19-20-14)9-18-15(12)17-8-11/h1-4,6-9,19-20H,5H2,(H,17,18). The Balaban J connectivity index is 1.88. The average molecular weight is 263 g/mol. The summed E-state index contributed by atoms with van der Waals surface area (Å²) in [4.78, 5) is 11.9. The van der Waals surface area contributed by atoms with Crippen molar-refractivity contribution in [2.45, 2.75) is 0 Å². The molecule has 4 heterocycles. The van der Waals surface area contributed by atoms with Gasteiger partial charge in [-0.15, -0.1) is 0 Å². The molecular formula is C15H13N5. The highest BCUT2D eigenvalue weighted by molar-refractivity contribution is 5.92. The first-order valence-corrected chi connectivity index (χ1v) is 6.49. The fourth-order valence-electron chi connectivity index (χ4n) is 2.45. The van der Waals surface area contributed by atoms with Crippen molar-refractivity contribution in [2.75, 3.05) is 6.54 Å². The van der Waals surface area contributed by atoms with Crippen molar-refractivity contribution < 1.29 is 0 Å². The van der Waals surface area contributed by atoms with Crippen LogP contribution in [0.4, 0.5) is 0 Å². The molecule has 4 rings (SSSR count). The van der Waals surface area contributed by atoms with E-state index in [4.69, 9.17) is 0 Å². The van der Waals surface area contributed by atoms with Crippen molar-refractivity contribution in [3.63, 3.8) is 0 Å². The molecule has 0 unspecified atom stereocenters. The maximum Gasteiger partial charge on any atom is 0.137 e. The smallest absolute Gasteiger partial charge is 0.137 e. The Morgan fingerprint density at radius 3 is 2.95 bits per heavy atom. The fourth-order valence-corrected chi connectivity index (χ4v) is 2.45. The van der Waals surface area contributed by atoms with Crippen LogP contribution >= 0.6 is 0 Å². The molecule has 5 nitrogen and oxygen atoms in total. The number of hydrogen-bond acceptors (Lipinski definition) is 4. The lowest BCUT2D eigenvalue weighted by Crippen LogP contribution is -2.22. The van der Waals surface area contributed by atoms with Crippen LogP contribution in [-0.4, -0.2) is 21.5 Å². The summed E-state index contributed by atoms with van der Waals surface area (Å²) in [6.45, 7) is 0.831. The third-order valence-corrected chi connectivity index (χ3v) is 3.45. The Morgan fingerprint density at radius 2 is 2.15 bits per heavy atom. The summed E-state index contributed by atoms with van der Waals surface area (Å²) in [5.74, 6) is 0. The number of fused-ring (bicyclic) bond motifs is 1. The van der Waals surface area contributed by atoms with E-state index < -0.39 is 0 Å². The molecule has 0 aliphatic carbocycles. The van der Waals surface area contributed by atoms with Gasteiger partial charge in [-0.05, 0) is 18.2 Å². The molecule has 3 aromatic heterocycles. The molecule has 98 valence electrons. The van der Waals surface area contributed by atoms with Gasteiger partial charge in [-0.3, -0.25) is 4.98 Å². The maximum atomic E-state index is 4.49. The Hall–Kier alpha value is -2.66. The lowest BCUT2D eigenvalue weighted by atomic mass is 10.1. The second-order valence-corrected chi connectivity index (χ2v) is 4.69. The van der Waals surface area contributed by atoms with Gasteiger partial charge in [0.05, 0.1) is 5.70 Å². The number of nitrogens with zero attached hydrogens (tertiary/aromatic N) is 2. The first-order valence-electron chi connectivity index (χ1n) is 6.49. The van der Waals surface area contributed by atoms with Gasteiger partial charge >= 0.3 is 0 Å². The summed E-state index contributed by atoms with van der Waals surface area (Å²) in [6, 6.07) is 6.12. The van der Waals surface area contributed by atoms with E-state index in [2.05, 4.69) is 37.9 Å². The Bertz CT molecular complexity index is 788. The van der Waals surface area contributed by atoms with Gasteiger partial charge in [0.1, 0.15) is 5.65 Å². The van der Waals surface area contributed by atoms with Crippen LogP contribution in [0.5, 0.6) is 0 Å². The normalized spacial score (nSPS) is 14.3. The summed E-state index contributed by atoms with van der Waals surface area (Å²) in [7, 11) is 0. The second-order valence-electron chi connectivity index (χ2n) is 4.69. The third kappa shape index (κ3) is 1.76.